The maximum Gasteiger partial charge on any atom is 0.147 e. The van der Waals surface area contributed by atoms with E-state index in [9.17, 15) is 0 Å². The molecule has 1 aliphatic carbocycles. The number of benzene rings is 1. The molecule has 1 N–H and O–H groups in total. The molecule has 1 atom stereocenters. The average Bonchev–Trinajstić information content (AvgIpc) is 2.83. The van der Waals surface area contributed by atoms with Gasteiger partial charge >= 0.3 is 0 Å². The fourth-order valence-electron chi connectivity index (χ4n) is 1.97. The van der Waals surface area contributed by atoms with Crippen molar-refractivity contribution in [1.29, 1.82) is 0 Å². The molecule has 1 saturated carbocycles. The van der Waals surface area contributed by atoms with E-state index in [1.165, 1.54) is 12.0 Å². The minimum Gasteiger partial charge on any atom is -0.494 e. The van der Waals surface area contributed by atoms with Crippen LogP contribution in [0.2, 0.25) is 0 Å². The SMILES string of the molecule is COc1c(Br)cc(CNC2CC2(C)C)cc1Br. The summed E-state index contributed by atoms with van der Waals surface area (Å²) in [5.41, 5.74) is 1.73. The van der Waals surface area contributed by atoms with Crippen molar-refractivity contribution in [2.24, 2.45) is 5.41 Å². The Labute approximate surface area is 119 Å². The molecule has 4 heteroatoms. The van der Waals surface area contributed by atoms with E-state index in [4.69, 9.17) is 4.74 Å². The lowest BCUT2D eigenvalue weighted by Crippen LogP contribution is -2.19. The van der Waals surface area contributed by atoms with Gasteiger partial charge in [-0.25, -0.2) is 0 Å². The van der Waals surface area contributed by atoms with Gasteiger partial charge in [-0.05, 0) is 61.4 Å². The maximum absolute atomic E-state index is 5.29. The van der Waals surface area contributed by atoms with Crippen molar-refractivity contribution in [3.8, 4) is 5.75 Å². The summed E-state index contributed by atoms with van der Waals surface area (Å²) in [7, 11) is 1.68. The van der Waals surface area contributed by atoms with Crippen LogP contribution < -0.4 is 10.1 Å². The highest BCUT2D eigenvalue weighted by Crippen LogP contribution is 2.44. The second-order valence-corrected chi connectivity index (χ2v) is 6.93. The van der Waals surface area contributed by atoms with Crippen molar-refractivity contribution in [1.82, 2.24) is 5.32 Å². The third-order valence-electron chi connectivity index (χ3n) is 3.33. The first-order valence-corrected chi connectivity index (χ1v) is 7.28. The molecule has 1 unspecified atom stereocenters. The van der Waals surface area contributed by atoms with Crippen LogP contribution in [0.25, 0.3) is 0 Å². The molecule has 0 radical (unpaired) electrons. The van der Waals surface area contributed by atoms with Gasteiger partial charge in [0.15, 0.2) is 0 Å². The van der Waals surface area contributed by atoms with E-state index in [2.05, 4.69) is 63.2 Å². The van der Waals surface area contributed by atoms with Gasteiger partial charge in [-0.1, -0.05) is 13.8 Å². The number of hydrogen-bond donors (Lipinski definition) is 1. The Morgan fingerprint density at radius 1 is 1.35 bits per heavy atom. The van der Waals surface area contributed by atoms with Gasteiger partial charge in [-0.15, -0.1) is 0 Å². The van der Waals surface area contributed by atoms with Gasteiger partial charge in [0.25, 0.3) is 0 Å². The molecular weight excluding hydrogens is 346 g/mol. The van der Waals surface area contributed by atoms with E-state index in [1.54, 1.807) is 7.11 Å². The molecule has 0 heterocycles. The summed E-state index contributed by atoms with van der Waals surface area (Å²) in [6, 6.07) is 4.86. The van der Waals surface area contributed by atoms with E-state index in [1.807, 2.05) is 0 Å². The second-order valence-electron chi connectivity index (χ2n) is 5.22. The highest BCUT2D eigenvalue weighted by Gasteiger charge is 2.44. The summed E-state index contributed by atoms with van der Waals surface area (Å²) >= 11 is 7.04. The lowest BCUT2D eigenvalue weighted by atomic mass is 10.2. The average molecular weight is 363 g/mol. The van der Waals surface area contributed by atoms with Crippen molar-refractivity contribution < 1.29 is 4.74 Å². The highest BCUT2D eigenvalue weighted by atomic mass is 79.9. The van der Waals surface area contributed by atoms with Crippen LogP contribution in [0, 0.1) is 5.41 Å². The summed E-state index contributed by atoms with van der Waals surface area (Å²) in [6.07, 6.45) is 1.27. The molecule has 0 bridgehead atoms. The van der Waals surface area contributed by atoms with E-state index in [0.29, 0.717) is 11.5 Å². The smallest absolute Gasteiger partial charge is 0.147 e. The second kappa shape index (κ2) is 4.90. The van der Waals surface area contributed by atoms with Crippen molar-refractivity contribution in [3.05, 3.63) is 26.6 Å². The standard InChI is InChI=1S/C13H17Br2NO/c1-13(2)6-11(13)16-7-8-4-9(14)12(17-3)10(15)5-8/h4-5,11,16H,6-7H2,1-3H3. The van der Waals surface area contributed by atoms with Crippen LogP contribution in [-0.2, 0) is 6.54 Å². The molecule has 17 heavy (non-hydrogen) atoms. The molecule has 2 nitrogen and oxygen atoms in total. The number of rotatable bonds is 4. The normalized spacial score (nSPS) is 21.4. The maximum atomic E-state index is 5.29. The highest BCUT2D eigenvalue weighted by molar-refractivity contribution is 9.11. The Kier molecular flexibility index (Phi) is 3.86. The third kappa shape index (κ3) is 3.04. The molecule has 0 aliphatic heterocycles. The Bertz CT molecular complexity index is 408. The summed E-state index contributed by atoms with van der Waals surface area (Å²) in [6.45, 7) is 5.49. The van der Waals surface area contributed by atoms with E-state index in [0.717, 1.165) is 21.2 Å². The van der Waals surface area contributed by atoms with Crippen LogP contribution in [0.4, 0.5) is 0 Å². The van der Waals surface area contributed by atoms with E-state index < -0.39 is 0 Å². The lowest BCUT2D eigenvalue weighted by molar-refractivity contribution is 0.409. The molecule has 94 valence electrons. The van der Waals surface area contributed by atoms with E-state index >= 15 is 0 Å². The minimum atomic E-state index is 0.473. The van der Waals surface area contributed by atoms with Gasteiger partial charge in [0, 0.05) is 12.6 Å². The largest absolute Gasteiger partial charge is 0.494 e. The molecule has 0 spiro atoms. The number of methoxy groups -OCH3 is 1. The Hall–Kier alpha value is -0.0600. The predicted octanol–water partition coefficient (Wildman–Crippen LogP) is 4.11. The summed E-state index contributed by atoms with van der Waals surface area (Å²) in [4.78, 5) is 0. The topological polar surface area (TPSA) is 21.3 Å². The number of hydrogen-bond acceptors (Lipinski definition) is 2. The molecule has 1 aromatic rings. The Morgan fingerprint density at radius 3 is 2.29 bits per heavy atom. The molecule has 1 fully saturated rings. The van der Waals surface area contributed by atoms with Crippen LogP contribution >= 0.6 is 31.9 Å². The van der Waals surface area contributed by atoms with Crippen LogP contribution in [-0.4, -0.2) is 13.2 Å². The summed E-state index contributed by atoms with van der Waals surface area (Å²) in [5.74, 6) is 0.848. The van der Waals surface area contributed by atoms with Crippen LogP contribution in [0.15, 0.2) is 21.1 Å². The zero-order valence-electron chi connectivity index (χ0n) is 10.3. The molecule has 0 saturated heterocycles. The molecule has 1 aliphatic rings. The van der Waals surface area contributed by atoms with Crippen molar-refractivity contribution in [2.75, 3.05) is 7.11 Å². The van der Waals surface area contributed by atoms with Gasteiger partial charge in [0.05, 0.1) is 16.1 Å². The van der Waals surface area contributed by atoms with Crippen LogP contribution in [0.5, 0.6) is 5.75 Å². The van der Waals surface area contributed by atoms with Crippen LogP contribution in [0.3, 0.4) is 0 Å². The van der Waals surface area contributed by atoms with Gasteiger partial charge < -0.3 is 10.1 Å². The predicted molar refractivity (Wildman–Crippen MR) is 77.4 cm³/mol. The molecule has 0 aromatic heterocycles. The summed E-state index contributed by atoms with van der Waals surface area (Å²) in [5, 5.41) is 3.57. The first-order chi connectivity index (χ1) is 7.94. The molecule has 1 aromatic carbocycles. The monoisotopic (exact) mass is 361 g/mol. The van der Waals surface area contributed by atoms with Crippen LogP contribution in [0.1, 0.15) is 25.8 Å². The lowest BCUT2D eigenvalue weighted by Gasteiger charge is -2.11. The first kappa shape index (κ1) is 13.4. The molecular formula is C13H17Br2NO. The first-order valence-electron chi connectivity index (χ1n) is 5.69. The third-order valence-corrected chi connectivity index (χ3v) is 4.51. The Morgan fingerprint density at radius 2 is 1.88 bits per heavy atom. The Balaban J connectivity index is 2.02. The van der Waals surface area contributed by atoms with Gasteiger partial charge in [-0.3, -0.25) is 0 Å². The molecule has 2 rings (SSSR count). The van der Waals surface area contributed by atoms with Crippen molar-refractivity contribution in [3.63, 3.8) is 0 Å². The van der Waals surface area contributed by atoms with E-state index in [-0.39, 0.29) is 0 Å². The van der Waals surface area contributed by atoms with Gasteiger partial charge in [0.1, 0.15) is 5.75 Å². The minimum absolute atomic E-state index is 0.473. The number of nitrogens with one attached hydrogen (secondary N) is 1. The number of ether oxygens (including phenoxy) is 1. The van der Waals surface area contributed by atoms with Gasteiger partial charge in [-0.2, -0.15) is 0 Å². The molecule has 0 amide bonds. The number of halogens is 2. The fraction of sp³-hybridized carbons (Fsp3) is 0.538. The van der Waals surface area contributed by atoms with Crippen molar-refractivity contribution >= 4 is 31.9 Å². The summed E-state index contributed by atoms with van der Waals surface area (Å²) < 4.78 is 7.26. The zero-order valence-corrected chi connectivity index (χ0v) is 13.5. The zero-order chi connectivity index (χ0) is 12.6. The van der Waals surface area contributed by atoms with Crippen molar-refractivity contribution in [2.45, 2.75) is 32.9 Å². The van der Waals surface area contributed by atoms with Gasteiger partial charge in [0.2, 0.25) is 0 Å². The quantitative estimate of drug-likeness (QED) is 0.870. The fourth-order valence-corrected chi connectivity index (χ4v) is 3.57.